The first kappa shape index (κ1) is 15.8. The Bertz CT molecular complexity index is 798. The largest absolute Gasteiger partial charge is 0.490 e. The van der Waals surface area contributed by atoms with Crippen LogP contribution in [-0.4, -0.2) is 27.7 Å². The first-order chi connectivity index (χ1) is 11.2. The molecule has 0 fully saturated rings. The van der Waals surface area contributed by atoms with E-state index in [2.05, 4.69) is 21.5 Å². The molecule has 0 unspecified atom stereocenters. The zero-order valence-corrected chi connectivity index (χ0v) is 13.8. The summed E-state index contributed by atoms with van der Waals surface area (Å²) in [4.78, 5) is 9.10. The minimum atomic E-state index is 0.572. The molecule has 0 aliphatic heterocycles. The summed E-state index contributed by atoms with van der Waals surface area (Å²) < 4.78 is 7.91. The van der Waals surface area contributed by atoms with Crippen molar-refractivity contribution >= 4 is 22.6 Å². The topological polar surface area (TPSA) is 66.0 Å². The SMILES string of the molecule is CCn1cnc2c(-c3ccc(Cl)cc3)ncc(OCCCN)c21. The lowest BCUT2D eigenvalue weighted by Crippen LogP contribution is -2.07. The number of pyridine rings is 1. The monoisotopic (exact) mass is 330 g/mol. The summed E-state index contributed by atoms with van der Waals surface area (Å²) in [5, 5.41) is 0.700. The average Bonchev–Trinajstić information content (AvgIpc) is 3.00. The van der Waals surface area contributed by atoms with Crippen LogP contribution in [0.15, 0.2) is 36.8 Å². The zero-order valence-electron chi connectivity index (χ0n) is 13.0. The van der Waals surface area contributed by atoms with Gasteiger partial charge in [0.1, 0.15) is 11.0 Å². The van der Waals surface area contributed by atoms with Crippen LogP contribution in [-0.2, 0) is 6.54 Å². The van der Waals surface area contributed by atoms with Crippen LogP contribution < -0.4 is 10.5 Å². The first-order valence-corrected chi connectivity index (χ1v) is 8.05. The Kier molecular flexibility index (Phi) is 4.79. The number of rotatable bonds is 6. The molecule has 0 aliphatic rings. The van der Waals surface area contributed by atoms with E-state index in [4.69, 9.17) is 22.1 Å². The van der Waals surface area contributed by atoms with Gasteiger partial charge in [-0.05, 0) is 32.0 Å². The van der Waals surface area contributed by atoms with Gasteiger partial charge in [-0.25, -0.2) is 9.97 Å². The second-order valence-corrected chi connectivity index (χ2v) is 5.63. The molecule has 3 rings (SSSR count). The molecule has 2 heterocycles. The molecule has 0 atom stereocenters. The Balaban J connectivity index is 2.09. The molecule has 1 aromatic carbocycles. The summed E-state index contributed by atoms with van der Waals surface area (Å²) in [6, 6.07) is 7.60. The lowest BCUT2D eigenvalue weighted by Gasteiger charge is -2.11. The highest BCUT2D eigenvalue weighted by atomic mass is 35.5. The Morgan fingerprint density at radius 1 is 1.22 bits per heavy atom. The standard InChI is InChI=1S/C17H19ClN4O/c1-2-22-11-21-16-15(12-4-6-13(18)7-5-12)20-10-14(17(16)22)23-9-3-8-19/h4-7,10-11H,2-3,8-9,19H2,1H3. The molecule has 3 aromatic rings. The summed E-state index contributed by atoms with van der Waals surface area (Å²) in [6.45, 7) is 4.07. The molecule has 0 amide bonds. The Morgan fingerprint density at radius 3 is 2.70 bits per heavy atom. The van der Waals surface area contributed by atoms with Crippen molar-refractivity contribution in [2.24, 2.45) is 5.73 Å². The van der Waals surface area contributed by atoms with Gasteiger partial charge in [0.25, 0.3) is 0 Å². The maximum absolute atomic E-state index is 5.97. The fourth-order valence-electron chi connectivity index (χ4n) is 2.49. The van der Waals surface area contributed by atoms with Gasteiger partial charge in [0.05, 0.1) is 24.8 Å². The van der Waals surface area contributed by atoms with E-state index in [1.165, 1.54) is 0 Å². The Morgan fingerprint density at radius 2 is 2.00 bits per heavy atom. The van der Waals surface area contributed by atoms with Crippen LogP contribution in [0.1, 0.15) is 13.3 Å². The number of aryl methyl sites for hydroxylation is 1. The highest BCUT2D eigenvalue weighted by Crippen LogP contribution is 2.32. The summed E-state index contributed by atoms with van der Waals surface area (Å²) in [5.74, 6) is 0.741. The quantitative estimate of drug-likeness (QED) is 0.702. The predicted octanol–water partition coefficient (Wildman–Crippen LogP) is 3.50. The number of aromatic nitrogens is 3. The minimum absolute atomic E-state index is 0.572. The van der Waals surface area contributed by atoms with Crippen LogP contribution in [0.5, 0.6) is 5.75 Å². The van der Waals surface area contributed by atoms with Crippen molar-refractivity contribution in [1.82, 2.24) is 14.5 Å². The van der Waals surface area contributed by atoms with E-state index in [9.17, 15) is 0 Å². The summed E-state index contributed by atoms with van der Waals surface area (Å²) in [7, 11) is 0. The minimum Gasteiger partial charge on any atom is -0.490 e. The number of hydrogen-bond acceptors (Lipinski definition) is 4. The number of hydrogen-bond donors (Lipinski definition) is 1. The number of nitrogens with zero attached hydrogens (tertiary/aromatic N) is 3. The van der Waals surface area contributed by atoms with Crippen LogP contribution in [0.4, 0.5) is 0 Å². The van der Waals surface area contributed by atoms with Crippen molar-refractivity contribution in [3.8, 4) is 17.0 Å². The first-order valence-electron chi connectivity index (χ1n) is 7.67. The molecule has 0 bridgehead atoms. The molecule has 2 N–H and O–H groups in total. The fourth-order valence-corrected chi connectivity index (χ4v) is 2.62. The highest BCUT2D eigenvalue weighted by molar-refractivity contribution is 6.30. The Labute approximate surface area is 140 Å². The number of ether oxygens (including phenoxy) is 1. The highest BCUT2D eigenvalue weighted by Gasteiger charge is 2.15. The Hall–Kier alpha value is -2.11. The molecule has 0 saturated heterocycles. The van der Waals surface area contributed by atoms with Crippen LogP contribution >= 0.6 is 11.6 Å². The molecule has 5 nitrogen and oxygen atoms in total. The maximum atomic E-state index is 5.97. The van der Waals surface area contributed by atoms with Crippen molar-refractivity contribution < 1.29 is 4.74 Å². The van der Waals surface area contributed by atoms with Crippen molar-refractivity contribution in [3.05, 3.63) is 41.8 Å². The van der Waals surface area contributed by atoms with E-state index in [0.29, 0.717) is 18.2 Å². The summed E-state index contributed by atoms with van der Waals surface area (Å²) in [6.07, 6.45) is 4.39. The van der Waals surface area contributed by atoms with Gasteiger partial charge in [-0.3, -0.25) is 0 Å². The molecule has 120 valence electrons. The van der Waals surface area contributed by atoms with Crippen molar-refractivity contribution in [2.75, 3.05) is 13.2 Å². The van der Waals surface area contributed by atoms with Crippen molar-refractivity contribution in [3.63, 3.8) is 0 Å². The lowest BCUT2D eigenvalue weighted by molar-refractivity contribution is 0.314. The van der Waals surface area contributed by atoms with Gasteiger partial charge in [-0.2, -0.15) is 0 Å². The smallest absolute Gasteiger partial charge is 0.163 e. The molecule has 0 aliphatic carbocycles. The number of imidazole rings is 1. The molecular formula is C17H19ClN4O. The third-order valence-electron chi connectivity index (χ3n) is 3.67. The normalized spacial score (nSPS) is 11.1. The van der Waals surface area contributed by atoms with Gasteiger partial charge in [0.2, 0.25) is 0 Å². The summed E-state index contributed by atoms with van der Waals surface area (Å²) >= 11 is 5.97. The number of nitrogens with two attached hydrogens (primary N) is 1. The lowest BCUT2D eigenvalue weighted by atomic mass is 10.1. The third kappa shape index (κ3) is 3.16. The molecule has 23 heavy (non-hydrogen) atoms. The van der Waals surface area contributed by atoms with E-state index >= 15 is 0 Å². The van der Waals surface area contributed by atoms with Crippen LogP contribution in [0.3, 0.4) is 0 Å². The zero-order chi connectivity index (χ0) is 16.2. The number of halogens is 1. The van der Waals surface area contributed by atoms with E-state index in [1.54, 1.807) is 6.20 Å². The van der Waals surface area contributed by atoms with Gasteiger partial charge in [0, 0.05) is 17.1 Å². The summed E-state index contributed by atoms with van der Waals surface area (Å²) in [5.41, 5.74) is 9.13. The van der Waals surface area contributed by atoms with E-state index in [1.807, 2.05) is 30.6 Å². The van der Waals surface area contributed by atoms with Gasteiger partial charge >= 0.3 is 0 Å². The van der Waals surface area contributed by atoms with E-state index in [-0.39, 0.29) is 0 Å². The molecule has 0 radical (unpaired) electrons. The van der Waals surface area contributed by atoms with E-state index < -0.39 is 0 Å². The van der Waals surface area contributed by atoms with Crippen LogP contribution in [0.25, 0.3) is 22.3 Å². The number of fused-ring (bicyclic) bond motifs is 1. The second kappa shape index (κ2) is 6.98. The molecular weight excluding hydrogens is 312 g/mol. The van der Waals surface area contributed by atoms with E-state index in [0.717, 1.165) is 41.0 Å². The van der Waals surface area contributed by atoms with Gasteiger partial charge < -0.3 is 15.0 Å². The second-order valence-electron chi connectivity index (χ2n) is 5.20. The van der Waals surface area contributed by atoms with Crippen LogP contribution in [0, 0.1) is 0 Å². The van der Waals surface area contributed by atoms with Crippen LogP contribution in [0.2, 0.25) is 5.02 Å². The van der Waals surface area contributed by atoms with Gasteiger partial charge in [-0.1, -0.05) is 23.7 Å². The molecule has 0 saturated carbocycles. The molecule has 6 heteroatoms. The average molecular weight is 331 g/mol. The molecule has 2 aromatic heterocycles. The fraction of sp³-hybridized carbons (Fsp3) is 0.294. The van der Waals surface area contributed by atoms with Crippen molar-refractivity contribution in [2.45, 2.75) is 19.9 Å². The van der Waals surface area contributed by atoms with Gasteiger partial charge in [-0.15, -0.1) is 0 Å². The third-order valence-corrected chi connectivity index (χ3v) is 3.92. The number of benzene rings is 1. The predicted molar refractivity (Wildman–Crippen MR) is 92.8 cm³/mol. The van der Waals surface area contributed by atoms with Gasteiger partial charge in [0.15, 0.2) is 5.75 Å². The van der Waals surface area contributed by atoms with Crippen molar-refractivity contribution in [1.29, 1.82) is 0 Å². The molecule has 0 spiro atoms. The maximum Gasteiger partial charge on any atom is 0.163 e.